The van der Waals surface area contributed by atoms with Crippen molar-refractivity contribution < 1.29 is 13.2 Å². The Labute approximate surface area is 57.3 Å². The first kappa shape index (κ1) is 9.01. The fraction of sp³-hybridized carbons (Fsp3) is 0.143. The van der Waals surface area contributed by atoms with Gasteiger partial charge >= 0.3 is 6.68 Å². The quantitative estimate of drug-likeness (QED) is 0.529. The van der Waals surface area contributed by atoms with Crippen molar-refractivity contribution in [2.45, 2.75) is 6.68 Å². The molecule has 0 aliphatic rings. The molecule has 0 saturated heterocycles. The lowest BCUT2D eigenvalue weighted by atomic mass is 10.4. The molecule has 0 N–H and O–H groups in total. The third-order valence-electron chi connectivity index (χ3n) is 0.607. The van der Waals surface area contributed by atoms with Gasteiger partial charge in [0.05, 0.1) is 0 Å². The standard InChI is InChI=1S/C6H5.CHF3/c1-2-4-6-5-3-1;2-1(3)4/h1-5H;1H. The molecule has 0 spiro atoms. The molecule has 0 nitrogen and oxygen atoms in total. The summed E-state index contributed by atoms with van der Waals surface area (Å²) in [5.41, 5.74) is 0. The minimum atomic E-state index is -3.67. The number of alkyl halides is 3. The lowest BCUT2D eigenvalue weighted by Crippen LogP contribution is -1.65. The van der Waals surface area contributed by atoms with Crippen LogP contribution in [0.2, 0.25) is 0 Å². The predicted molar refractivity (Wildman–Crippen MR) is 32.4 cm³/mol. The molecule has 0 atom stereocenters. The molecule has 0 saturated carbocycles. The molecule has 0 bridgehead atoms. The van der Waals surface area contributed by atoms with E-state index in [4.69, 9.17) is 0 Å². The summed E-state index contributed by atoms with van der Waals surface area (Å²) in [5, 5.41) is 0. The van der Waals surface area contributed by atoms with Crippen LogP contribution < -0.4 is 0 Å². The summed E-state index contributed by atoms with van der Waals surface area (Å²) in [7, 11) is 0. The maximum absolute atomic E-state index is 9.67. The molecule has 10 heavy (non-hydrogen) atoms. The van der Waals surface area contributed by atoms with Crippen molar-refractivity contribution in [1.29, 1.82) is 0 Å². The maximum atomic E-state index is 9.67. The Morgan fingerprint density at radius 2 is 1.30 bits per heavy atom. The largest absolute Gasteiger partial charge is 0.379 e. The summed E-state index contributed by atoms with van der Waals surface area (Å²) in [4.78, 5) is 0. The maximum Gasteiger partial charge on any atom is 0.379 e. The fourth-order valence-electron chi connectivity index (χ4n) is 0.342. The molecule has 55 valence electrons. The predicted octanol–water partition coefficient (Wildman–Crippen LogP) is 2.67. The van der Waals surface area contributed by atoms with Crippen molar-refractivity contribution in [3.63, 3.8) is 0 Å². The van der Waals surface area contributed by atoms with Gasteiger partial charge in [-0.25, -0.2) is 0 Å². The van der Waals surface area contributed by atoms with Gasteiger partial charge in [-0.2, -0.15) is 13.2 Å². The van der Waals surface area contributed by atoms with Crippen LogP contribution in [0, 0.1) is 6.07 Å². The topological polar surface area (TPSA) is 0 Å². The highest BCUT2D eigenvalue weighted by Gasteiger charge is 1.86. The minimum absolute atomic E-state index is 1.88. The Morgan fingerprint density at radius 1 is 0.900 bits per heavy atom. The van der Waals surface area contributed by atoms with Gasteiger partial charge < -0.3 is 0 Å². The first-order chi connectivity index (χ1) is 4.73. The smallest absolute Gasteiger partial charge is 0.174 e. The van der Waals surface area contributed by atoms with Crippen LogP contribution in [-0.2, 0) is 0 Å². The highest BCUT2D eigenvalue weighted by Crippen LogP contribution is 1.87. The van der Waals surface area contributed by atoms with Crippen molar-refractivity contribution in [2.75, 3.05) is 0 Å². The van der Waals surface area contributed by atoms with Gasteiger partial charge in [-0.3, -0.25) is 0 Å². The van der Waals surface area contributed by atoms with Crippen LogP contribution in [0.25, 0.3) is 0 Å². The second-order valence-corrected chi connectivity index (χ2v) is 1.32. The average molecular weight is 147 g/mol. The number of hydrogen-bond acceptors (Lipinski definition) is 0. The Hall–Kier alpha value is -0.990. The van der Waals surface area contributed by atoms with Gasteiger partial charge in [0.2, 0.25) is 0 Å². The molecule has 1 radical (unpaired) electrons. The number of benzene rings is 1. The van der Waals surface area contributed by atoms with Crippen molar-refractivity contribution >= 4 is 0 Å². The van der Waals surface area contributed by atoms with Crippen LogP contribution in [0.3, 0.4) is 0 Å². The Balaban J connectivity index is 0.000000180. The average Bonchev–Trinajstić information content (AvgIpc) is 1.90. The Bertz CT molecular complexity index is 109. The fourth-order valence-corrected chi connectivity index (χ4v) is 0.342. The van der Waals surface area contributed by atoms with Crippen molar-refractivity contribution in [3.05, 3.63) is 36.4 Å². The summed E-state index contributed by atoms with van der Waals surface area (Å²) in [5.74, 6) is 0. The van der Waals surface area contributed by atoms with E-state index in [0.29, 0.717) is 0 Å². The molecular formula is C7H6F3. The summed E-state index contributed by atoms with van der Waals surface area (Å²) in [6, 6.07) is 12.5. The zero-order valence-electron chi connectivity index (χ0n) is 5.10. The molecule has 1 rings (SSSR count). The van der Waals surface area contributed by atoms with E-state index in [2.05, 4.69) is 6.07 Å². The zero-order chi connectivity index (χ0) is 7.82. The van der Waals surface area contributed by atoms with Gasteiger partial charge in [0.1, 0.15) is 0 Å². The molecule has 0 fully saturated rings. The second-order valence-electron chi connectivity index (χ2n) is 1.32. The molecular weight excluding hydrogens is 141 g/mol. The third kappa shape index (κ3) is 10.1. The molecule has 0 unspecified atom stereocenters. The van der Waals surface area contributed by atoms with Gasteiger partial charge in [0.15, 0.2) is 0 Å². The molecule has 0 heterocycles. The summed E-state index contributed by atoms with van der Waals surface area (Å²) in [6.07, 6.45) is 0. The molecule has 0 aliphatic carbocycles. The highest BCUT2D eigenvalue weighted by atomic mass is 19.4. The van der Waals surface area contributed by atoms with Gasteiger partial charge in [-0.05, 0) is 6.07 Å². The summed E-state index contributed by atoms with van der Waals surface area (Å²) in [6.45, 7) is -3.67. The van der Waals surface area contributed by atoms with E-state index in [-0.39, 0.29) is 0 Å². The lowest BCUT2D eigenvalue weighted by molar-refractivity contribution is 0.00819. The summed E-state index contributed by atoms with van der Waals surface area (Å²) >= 11 is 0. The van der Waals surface area contributed by atoms with Crippen LogP contribution in [0.15, 0.2) is 30.3 Å². The van der Waals surface area contributed by atoms with E-state index in [9.17, 15) is 13.2 Å². The molecule has 1 aromatic carbocycles. The molecule has 0 amide bonds. The number of hydrogen-bond donors (Lipinski definition) is 0. The number of halogens is 3. The first-order valence-corrected chi connectivity index (χ1v) is 2.57. The Kier molecular flexibility index (Phi) is 5.53. The SMILES string of the molecule is FC(F)F.[c]1ccccc1. The highest BCUT2D eigenvalue weighted by molar-refractivity contribution is 4.97. The van der Waals surface area contributed by atoms with E-state index < -0.39 is 6.68 Å². The van der Waals surface area contributed by atoms with E-state index >= 15 is 0 Å². The zero-order valence-corrected chi connectivity index (χ0v) is 5.10. The van der Waals surface area contributed by atoms with Gasteiger partial charge in [0, 0.05) is 0 Å². The van der Waals surface area contributed by atoms with E-state index in [1.807, 2.05) is 30.3 Å². The van der Waals surface area contributed by atoms with Gasteiger partial charge in [0.25, 0.3) is 0 Å². The normalized spacial score (nSPS) is 8.40. The first-order valence-electron chi connectivity index (χ1n) is 2.57. The van der Waals surface area contributed by atoms with E-state index in [1.54, 1.807) is 0 Å². The molecule has 3 heteroatoms. The summed E-state index contributed by atoms with van der Waals surface area (Å²) < 4.78 is 29.0. The lowest BCUT2D eigenvalue weighted by Gasteiger charge is -1.68. The molecule has 0 aliphatic heterocycles. The van der Waals surface area contributed by atoms with Crippen LogP contribution >= 0.6 is 0 Å². The third-order valence-corrected chi connectivity index (χ3v) is 0.607. The van der Waals surface area contributed by atoms with Crippen molar-refractivity contribution in [3.8, 4) is 0 Å². The van der Waals surface area contributed by atoms with Crippen LogP contribution in [-0.4, -0.2) is 6.68 Å². The Morgan fingerprint density at radius 3 is 1.40 bits per heavy atom. The second kappa shape index (κ2) is 6.13. The monoisotopic (exact) mass is 147 g/mol. The van der Waals surface area contributed by atoms with E-state index in [1.165, 1.54) is 0 Å². The van der Waals surface area contributed by atoms with E-state index in [0.717, 1.165) is 0 Å². The number of rotatable bonds is 0. The van der Waals surface area contributed by atoms with Gasteiger partial charge in [-0.15, -0.1) is 0 Å². The molecule has 0 aromatic heterocycles. The van der Waals surface area contributed by atoms with Crippen LogP contribution in [0.5, 0.6) is 0 Å². The van der Waals surface area contributed by atoms with Crippen molar-refractivity contribution in [1.82, 2.24) is 0 Å². The van der Waals surface area contributed by atoms with Gasteiger partial charge in [-0.1, -0.05) is 30.3 Å². The van der Waals surface area contributed by atoms with Crippen LogP contribution in [0.1, 0.15) is 0 Å². The molecule has 1 aromatic rings. The van der Waals surface area contributed by atoms with Crippen LogP contribution in [0.4, 0.5) is 13.2 Å². The van der Waals surface area contributed by atoms with Crippen molar-refractivity contribution in [2.24, 2.45) is 0 Å². The minimum Gasteiger partial charge on any atom is -0.174 e.